The topological polar surface area (TPSA) is 41.5 Å². The van der Waals surface area contributed by atoms with Gasteiger partial charge in [0.1, 0.15) is 0 Å². The lowest BCUT2D eigenvalue weighted by atomic mass is 10.5. The Kier molecular flexibility index (Phi) is 5.93. The molecule has 0 fully saturated rings. The van der Waals surface area contributed by atoms with E-state index in [4.69, 9.17) is 9.84 Å². The zero-order valence-electron chi connectivity index (χ0n) is 6.05. The van der Waals surface area contributed by atoms with Gasteiger partial charge in [-0.15, -0.1) is 0 Å². The fraction of sp³-hybridized carbons (Fsp3) is 1.00. The van der Waals surface area contributed by atoms with Gasteiger partial charge in [-0.05, 0) is 13.8 Å². The third kappa shape index (κ3) is 7.88. The van der Waals surface area contributed by atoms with Crippen LogP contribution in [-0.2, 0) is 4.74 Å². The lowest BCUT2D eigenvalue weighted by Crippen LogP contribution is -2.23. The molecule has 0 spiro atoms. The fourth-order valence-corrected chi connectivity index (χ4v) is 0.377. The molecule has 0 aliphatic rings. The molecule has 0 aliphatic carbocycles. The predicted molar refractivity (Wildman–Crippen MR) is 36.2 cm³/mol. The van der Waals surface area contributed by atoms with E-state index < -0.39 is 0 Å². The van der Waals surface area contributed by atoms with Crippen LogP contribution in [-0.4, -0.2) is 31.1 Å². The van der Waals surface area contributed by atoms with Gasteiger partial charge in [0, 0.05) is 6.54 Å². The summed E-state index contributed by atoms with van der Waals surface area (Å²) in [7, 11) is 0. The average Bonchev–Trinajstić information content (AvgIpc) is 1.80. The summed E-state index contributed by atoms with van der Waals surface area (Å²) in [4.78, 5) is 0. The quantitative estimate of drug-likeness (QED) is 0.408. The van der Waals surface area contributed by atoms with Crippen LogP contribution >= 0.6 is 0 Å². The number of hydrogen-bond acceptors (Lipinski definition) is 3. The lowest BCUT2D eigenvalue weighted by molar-refractivity contribution is 0.0620. The highest BCUT2D eigenvalue weighted by Crippen LogP contribution is 1.82. The zero-order chi connectivity index (χ0) is 7.11. The molecule has 0 aromatic carbocycles. The Morgan fingerprint density at radius 3 is 2.67 bits per heavy atom. The van der Waals surface area contributed by atoms with E-state index in [9.17, 15) is 0 Å². The second kappa shape index (κ2) is 6.01. The van der Waals surface area contributed by atoms with Crippen LogP contribution in [0.15, 0.2) is 0 Å². The van der Waals surface area contributed by atoms with Crippen molar-refractivity contribution < 1.29 is 9.84 Å². The van der Waals surface area contributed by atoms with Crippen LogP contribution in [0.2, 0.25) is 0 Å². The van der Waals surface area contributed by atoms with Crippen molar-refractivity contribution >= 4 is 0 Å². The molecular formula is C6H15NO2. The fourth-order valence-electron chi connectivity index (χ4n) is 0.377. The van der Waals surface area contributed by atoms with Gasteiger partial charge in [0.2, 0.25) is 0 Å². The van der Waals surface area contributed by atoms with E-state index >= 15 is 0 Å². The second-order valence-electron chi connectivity index (χ2n) is 2.08. The molecule has 0 unspecified atom stereocenters. The summed E-state index contributed by atoms with van der Waals surface area (Å²) in [5.41, 5.74) is 0. The first-order chi connectivity index (χ1) is 4.27. The van der Waals surface area contributed by atoms with Gasteiger partial charge in [-0.1, -0.05) is 0 Å². The number of nitrogens with one attached hydrogen (secondary N) is 1. The molecule has 0 amide bonds. The zero-order valence-corrected chi connectivity index (χ0v) is 6.05. The Bertz CT molecular complexity index is 57.0. The summed E-state index contributed by atoms with van der Waals surface area (Å²) in [6, 6.07) is 0. The minimum Gasteiger partial charge on any atom is -0.395 e. The monoisotopic (exact) mass is 133 g/mol. The molecular weight excluding hydrogens is 118 g/mol. The van der Waals surface area contributed by atoms with Crippen molar-refractivity contribution in [3.05, 3.63) is 0 Å². The molecule has 0 saturated carbocycles. The van der Waals surface area contributed by atoms with Crippen LogP contribution in [0, 0.1) is 0 Å². The van der Waals surface area contributed by atoms with E-state index in [1.807, 2.05) is 13.8 Å². The van der Waals surface area contributed by atoms with Crippen LogP contribution in [0.25, 0.3) is 0 Å². The number of hydrogen-bond donors (Lipinski definition) is 2. The summed E-state index contributed by atoms with van der Waals surface area (Å²) in [6.45, 7) is 5.24. The highest BCUT2D eigenvalue weighted by atomic mass is 16.5. The number of ether oxygens (including phenoxy) is 1. The predicted octanol–water partition coefficient (Wildman–Crippen LogP) is -0.0492. The van der Waals surface area contributed by atoms with E-state index in [1.165, 1.54) is 0 Å². The molecule has 0 rings (SSSR count). The largest absolute Gasteiger partial charge is 0.395 e. The maximum Gasteiger partial charge on any atom is 0.0969 e. The SMILES string of the molecule is CC(C)OCNCCO. The van der Waals surface area contributed by atoms with Gasteiger partial charge in [0.15, 0.2) is 0 Å². The molecule has 0 atom stereocenters. The summed E-state index contributed by atoms with van der Waals surface area (Å²) in [5.74, 6) is 0. The third-order valence-corrected chi connectivity index (χ3v) is 0.807. The van der Waals surface area contributed by atoms with Crippen molar-refractivity contribution in [2.75, 3.05) is 19.9 Å². The molecule has 0 bridgehead atoms. The molecule has 0 saturated heterocycles. The highest BCUT2D eigenvalue weighted by Gasteiger charge is 1.89. The minimum atomic E-state index is 0.168. The van der Waals surface area contributed by atoms with Crippen molar-refractivity contribution in [3.63, 3.8) is 0 Å². The van der Waals surface area contributed by atoms with Crippen LogP contribution < -0.4 is 5.32 Å². The standard InChI is InChI=1S/C6H15NO2/c1-6(2)9-5-7-3-4-8/h6-8H,3-5H2,1-2H3. The Labute approximate surface area is 56.0 Å². The Morgan fingerprint density at radius 2 is 2.22 bits per heavy atom. The van der Waals surface area contributed by atoms with Gasteiger partial charge in [-0.25, -0.2) is 0 Å². The van der Waals surface area contributed by atoms with E-state index in [2.05, 4.69) is 5.32 Å². The van der Waals surface area contributed by atoms with E-state index in [0.29, 0.717) is 13.3 Å². The normalized spacial score (nSPS) is 10.7. The molecule has 3 nitrogen and oxygen atoms in total. The van der Waals surface area contributed by atoms with Crippen molar-refractivity contribution in [1.82, 2.24) is 5.32 Å². The molecule has 0 aromatic heterocycles. The Hall–Kier alpha value is -0.120. The van der Waals surface area contributed by atoms with Gasteiger partial charge in [-0.3, -0.25) is 5.32 Å². The van der Waals surface area contributed by atoms with Gasteiger partial charge in [0.05, 0.1) is 19.4 Å². The molecule has 9 heavy (non-hydrogen) atoms. The van der Waals surface area contributed by atoms with Crippen molar-refractivity contribution in [2.24, 2.45) is 0 Å². The molecule has 56 valence electrons. The van der Waals surface area contributed by atoms with Crippen molar-refractivity contribution in [1.29, 1.82) is 0 Å². The van der Waals surface area contributed by atoms with Gasteiger partial charge in [-0.2, -0.15) is 0 Å². The maximum atomic E-state index is 8.31. The molecule has 2 N–H and O–H groups in total. The van der Waals surface area contributed by atoms with Crippen molar-refractivity contribution in [3.8, 4) is 0 Å². The van der Waals surface area contributed by atoms with Crippen LogP contribution in [0.5, 0.6) is 0 Å². The van der Waals surface area contributed by atoms with Crippen LogP contribution in [0.4, 0.5) is 0 Å². The lowest BCUT2D eigenvalue weighted by Gasteiger charge is -2.06. The third-order valence-electron chi connectivity index (χ3n) is 0.807. The first-order valence-electron chi connectivity index (χ1n) is 3.20. The summed E-state index contributed by atoms with van der Waals surface area (Å²) in [5, 5.41) is 11.2. The van der Waals surface area contributed by atoms with E-state index in [-0.39, 0.29) is 12.7 Å². The van der Waals surface area contributed by atoms with Gasteiger partial charge < -0.3 is 9.84 Å². The van der Waals surface area contributed by atoms with Crippen LogP contribution in [0.3, 0.4) is 0 Å². The molecule has 0 radical (unpaired) electrons. The maximum absolute atomic E-state index is 8.31. The second-order valence-corrected chi connectivity index (χ2v) is 2.08. The summed E-state index contributed by atoms with van der Waals surface area (Å²) >= 11 is 0. The van der Waals surface area contributed by atoms with Crippen LogP contribution in [0.1, 0.15) is 13.8 Å². The average molecular weight is 133 g/mol. The van der Waals surface area contributed by atoms with E-state index in [1.54, 1.807) is 0 Å². The van der Waals surface area contributed by atoms with Gasteiger partial charge >= 0.3 is 0 Å². The highest BCUT2D eigenvalue weighted by molar-refractivity contribution is 4.37. The molecule has 0 aromatic rings. The van der Waals surface area contributed by atoms with Gasteiger partial charge in [0.25, 0.3) is 0 Å². The minimum absolute atomic E-state index is 0.168. The van der Waals surface area contributed by atoms with Crippen molar-refractivity contribution in [2.45, 2.75) is 20.0 Å². The summed E-state index contributed by atoms with van der Waals surface area (Å²) in [6.07, 6.45) is 0.260. The summed E-state index contributed by atoms with van der Waals surface area (Å²) < 4.78 is 5.12. The van der Waals surface area contributed by atoms with E-state index in [0.717, 1.165) is 0 Å². The number of aliphatic hydroxyl groups is 1. The number of aliphatic hydroxyl groups excluding tert-OH is 1. The first-order valence-corrected chi connectivity index (χ1v) is 3.20. The Balaban J connectivity index is 2.75. The molecule has 0 aliphatic heterocycles. The molecule has 0 heterocycles. The first kappa shape index (κ1) is 8.88. The Morgan fingerprint density at radius 1 is 1.56 bits per heavy atom. The molecule has 3 heteroatoms. The number of rotatable bonds is 5. The smallest absolute Gasteiger partial charge is 0.0969 e.